The third kappa shape index (κ3) is 3.17. The maximum atomic E-state index is 5.56. The van der Waals surface area contributed by atoms with Crippen LogP contribution in [0.4, 0.5) is 0 Å². The Balaban J connectivity index is 1.82. The van der Waals surface area contributed by atoms with Crippen LogP contribution >= 0.6 is 28.1 Å². The molecule has 2 atom stereocenters. The summed E-state index contributed by atoms with van der Waals surface area (Å²) in [6.07, 6.45) is 1.83. The summed E-state index contributed by atoms with van der Waals surface area (Å²) in [6.45, 7) is 4.32. The maximum Gasteiger partial charge on any atom is 0.169 e. The molecule has 6 heteroatoms. The van der Waals surface area contributed by atoms with Gasteiger partial charge < -0.3 is 14.8 Å². The predicted octanol–water partition coefficient (Wildman–Crippen LogP) is 4.85. The second-order valence-electron chi connectivity index (χ2n) is 6.88. The van der Waals surface area contributed by atoms with E-state index in [0.717, 1.165) is 21.0 Å². The van der Waals surface area contributed by atoms with Crippen LogP contribution < -0.4 is 5.32 Å². The molecule has 0 radical (unpaired) electrons. The zero-order valence-corrected chi connectivity index (χ0v) is 17.9. The normalized spacial score (nSPS) is 19.4. The highest BCUT2D eigenvalue weighted by Gasteiger charge is 2.39. The molecule has 27 heavy (non-hydrogen) atoms. The molecule has 0 saturated carbocycles. The summed E-state index contributed by atoms with van der Waals surface area (Å²) in [5.74, 6) is 0. The standard InChI is InChI=1S/C21H21BrN4S/c1-13-11-17(14(2)26(13)16-8-6-7-15(22)12-16)20-19(24-21(27)25(20)3)18-9-4-5-10-23-18/h4-12,19-20H,1-3H3,(H,24,27). The second-order valence-corrected chi connectivity index (χ2v) is 8.18. The van der Waals surface area contributed by atoms with Crippen LogP contribution in [0.3, 0.4) is 0 Å². The number of aromatic nitrogens is 2. The highest BCUT2D eigenvalue weighted by molar-refractivity contribution is 9.10. The smallest absolute Gasteiger partial charge is 0.169 e. The van der Waals surface area contributed by atoms with E-state index in [-0.39, 0.29) is 12.1 Å². The largest absolute Gasteiger partial charge is 0.352 e. The van der Waals surface area contributed by atoms with Crippen LogP contribution in [0.2, 0.25) is 0 Å². The van der Waals surface area contributed by atoms with Gasteiger partial charge in [0.15, 0.2) is 5.11 Å². The third-order valence-electron chi connectivity index (χ3n) is 5.19. The zero-order valence-electron chi connectivity index (χ0n) is 15.5. The summed E-state index contributed by atoms with van der Waals surface area (Å²) in [5.41, 5.74) is 5.83. The first-order chi connectivity index (χ1) is 13.0. The number of likely N-dealkylation sites (N-methyl/N-ethyl adjacent to an activating group) is 1. The molecular weight excluding hydrogens is 420 g/mol. The van der Waals surface area contributed by atoms with Crippen LogP contribution in [-0.4, -0.2) is 26.6 Å². The number of nitrogens with one attached hydrogen (secondary N) is 1. The van der Waals surface area contributed by atoms with Crippen LogP contribution in [0.15, 0.2) is 59.2 Å². The fourth-order valence-electron chi connectivity index (χ4n) is 3.95. The van der Waals surface area contributed by atoms with Gasteiger partial charge in [-0.15, -0.1) is 0 Å². The van der Waals surface area contributed by atoms with Gasteiger partial charge in [0.2, 0.25) is 0 Å². The molecule has 0 aliphatic carbocycles. The van der Waals surface area contributed by atoms with Crippen molar-refractivity contribution in [1.82, 2.24) is 19.8 Å². The molecule has 0 bridgehead atoms. The number of benzene rings is 1. The summed E-state index contributed by atoms with van der Waals surface area (Å²) >= 11 is 9.15. The zero-order chi connectivity index (χ0) is 19.1. The number of hydrogen-bond donors (Lipinski definition) is 1. The SMILES string of the molecule is Cc1cc(C2C(c3ccccn3)NC(=S)N2C)c(C)n1-c1cccc(Br)c1. The van der Waals surface area contributed by atoms with Crippen molar-refractivity contribution in [2.45, 2.75) is 25.9 Å². The van der Waals surface area contributed by atoms with Crippen LogP contribution in [0.25, 0.3) is 5.69 Å². The quantitative estimate of drug-likeness (QED) is 0.589. The minimum Gasteiger partial charge on any atom is -0.352 e. The van der Waals surface area contributed by atoms with Crippen molar-refractivity contribution >= 4 is 33.3 Å². The van der Waals surface area contributed by atoms with Crippen LogP contribution in [0.5, 0.6) is 0 Å². The van der Waals surface area contributed by atoms with Crippen LogP contribution in [0, 0.1) is 13.8 Å². The van der Waals surface area contributed by atoms with E-state index >= 15 is 0 Å². The number of rotatable bonds is 3. The van der Waals surface area contributed by atoms with E-state index in [4.69, 9.17) is 12.2 Å². The van der Waals surface area contributed by atoms with Gasteiger partial charge in [0.05, 0.1) is 17.8 Å². The number of thiocarbonyl (C=S) groups is 1. The second kappa shape index (κ2) is 7.09. The molecular formula is C21H21BrN4S. The van der Waals surface area contributed by atoms with Crippen molar-refractivity contribution in [3.63, 3.8) is 0 Å². The van der Waals surface area contributed by atoms with Crippen molar-refractivity contribution in [3.8, 4) is 5.69 Å². The Morgan fingerprint density at radius 3 is 2.63 bits per heavy atom. The molecule has 4 nitrogen and oxygen atoms in total. The van der Waals surface area contributed by atoms with Crippen LogP contribution in [0.1, 0.15) is 34.7 Å². The molecule has 2 unspecified atom stereocenters. The molecule has 1 aromatic carbocycles. The Bertz CT molecular complexity index is 999. The average Bonchev–Trinajstić information content (AvgIpc) is 3.11. The predicted molar refractivity (Wildman–Crippen MR) is 116 cm³/mol. The van der Waals surface area contributed by atoms with Gasteiger partial charge in [-0.25, -0.2) is 0 Å². The van der Waals surface area contributed by atoms with E-state index in [1.807, 2.05) is 31.4 Å². The number of aryl methyl sites for hydroxylation is 1. The van der Waals surface area contributed by atoms with Crippen molar-refractivity contribution in [3.05, 3.63) is 81.8 Å². The Hall–Kier alpha value is -2.18. The molecule has 3 aromatic rings. The molecule has 3 heterocycles. The lowest BCUT2D eigenvalue weighted by atomic mass is 9.97. The lowest BCUT2D eigenvalue weighted by molar-refractivity contribution is 0.367. The molecule has 4 rings (SSSR count). The van der Waals surface area contributed by atoms with Crippen molar-refractivity contribution in [1.29, 1.82) is 0 Å². The molecule has 0 amide bonds. The van der Waals surface area contributed by atoms with E-state index < -0.39 is 0 Å². The minimum atomic E-state index is 0.0279. The lowest BCUT2D eigenvalue weighted by Gasteiger charge is -2.24. The van der Waals surface area contributed by atoms with E-state index in [1.165, 1.54) is 17.0 Å². The summed E-state index contributed by atoms with van der Waals surface area (Å²) in [6, 6.07) is 16.8. The Morgan fingerprint density at radius 1 is 1.11 bits per heavy atom. The van der Waals surface area contributed by atoms with E-state index in [0.29, 0.717) is 0 Å². The molecule has 1 N–H and O–H groups in total. The third-order valence-corrected chi connectivity index (χ3v) is 6.09. The first kappa shape index (κ1) is 18.2. The minimum absolute atomic E-state index is 0.0279. The average molecular weight is 441 g/mol. The van der Waals surface area contributed by atoms with Crippen molar-refractivity contribution < 1.29 is 0 Å². The topological polar surface area (TPSA) is 33.1 Å². The fraction of sp³-hybridized carbons (Fsp3) is 0.238. The van der Waals surface area contributed by atoms with Gasteiger partial charge in [-0.05, 0) is 68.0 Å². The number of nitrogens with zero attached hydrogens (tertiary/aromatic N) is 3. The van der Waals surface area contributed by atoms with Gasteiger partial charge in [-0.2, -0.15) is 0 Å². The van der Waals surface area contributed by atoms with Gasteiger partial charge in [-0.3, -0.25) is 4.98 Å². The summed E-state index contributed by atoms with van der Waals surface area (Å²) in [4.78, 5) is 6.71. The van der Waals surface area contributed by atoms with Crippen molar-refractivity contribution in [2.24, 2.45) is 0 Å². The highest BCUT2D eigenvalue weighted by Crippen LogP contribution is 2.40. The molecule has 2 aromatic heterocycles. The van der Waals surface area contributed by atoms with Gasteiger partial charge in [-0.1, -0.05) is 28.1 Å². The molecule has 0 spiro atoms. The van der Waals surface area contributed by atoms with Gasteiger partial charge in [0.25, 0.3) is 0 Å². The summed E-state index contributed by atoms with van der Waals surface area (Å²) in [5, 5.41) is 4.20. The number of pyridine rings is 1. The van der Waals surface area contributed by atoms with Gasteiger partial charge in [0, 0.05) is 34.8 Å². The monoisotopic (exact) mass is 440 g/mol. The molecule has 1 aliphatic rings. The number of hydrogen-bond acceptors (Lipinski definition) is 2. The molecule has 1 fully saturated rings. The maximum absolute atomic E-state index is 5.56. The Labute approximate surface area is 173 Å². The molecule has 138 valence electrons. The Kier molecular flexibility index (Phi) is 4.78. The summed E-state index contributed by atoms with van der Waals surface area (Å²) in [7, 11) is 2.05. The first-order valence-corrected chi connectivity index (χ1v) is 10.1. The fourth-order valence-corrected chi connectivity index (χ4v) is 4.57. The number of halogens is 1. The van der Waals surface area contributed by atoms with Gasteiger partial charge in [0.1, 0.15) is 0 Å². The Morgan fingerprint density at radius 2 is 1.93 bits per heavy atom. The highest BCUT2D eigenvalue weighted by atomic mass is 79.9. The van der Waals surface area contributed by atoms with E-state index in [9.17, 15) is 0 Å². The lowest BCUT2D eigenvalue weighted by Crippen LogP contribution is -2.25. The molecule has 1 saturated heterocycles. The van der Waals surface area contributed by atoms with Gasteiger partial charge >= 0.3 is 0 Å². The summed E-state index contributed by atoms with van der Waals surface area (Å²) < 4.78 is 3.37. The first-order valence-electron chi connectivity index (χ1n) is 8.86. The van der Waals surface area contributed by atoms with E-state index in [2.05, 4.69) is 79.9 Å². The van der Waals surface area contributed by atoms with E-state index in [1.54, 1.807) is 0 Å². The van der Waals surface area contributed by atoms with Crippen molar-refractivity contribution in [2.75, 3.05) is 7.05 Å². The molecule has 1 aliphatic heterocycles. The van der Waals surface area contributed by atoms with Crippen LogP contribution in [-0.2, 0) is 0 Å².